The van der Waals surface area contributed by atoms with Crippen LogP contribution in [0.5, 0.6) is 11.5 Å². The van der Waals surface area contributed by atoms with E-state index in [2.05, 4.69) is 11.4 Å². The van der Waals surface area contributed by atoms with Gasteiger partial charge in [0.1, 0.15) is 24.2 Å². The number of nitrogens with zero attached hydrogens (tertiary/aromatic N) is 1. The highest BCUT2D eigenvalue weighted by Crippen LogP contribution is 2.21. The van der Waals surface area contributed by atoms with Gasteiger partial charge in [0, 0.05) is 24.4 Å². The van der Waals surface area contributed by atoms with E-state index in [4.69, 9.17) is 20.5 Å². The Morgan fingerprint density at radius 2 is 2.05 bits per heavy atom. The van der Waals surface area contributed by atoms with Gasteiger partial charge in [0.05, 0.1) is 18.4 Å². The minimum Gasteiger partial charge on any atom is -0.497 e. The first-order valence-electron chi connectivity index (χ1n) is 6.53. The fourth-order valence-electron chi connectivity index (χ4n) is 1.85. The molecule has 0 fully saturated rings. The molecule has 0 heterocycles. The average Bonchev–Trinajstić information content (AvgIpc) is 2.51. The second kappa shape index (κ2) is 7.06. The largest absolute Gasteiger partial charge is 0.497 e. The van der Waals surface area contributed by atoms with Crippen molar-refractivity contribution in [2.75, 3.05) is 31.3 Å². The van der Waals surface area contributed by atoms with Crippen molar-refractivity contribution in [3.05, 3.63) is 48.0 Å². The van der Waals surface area contributed by atoms with Gasteiger partial charge in [-0.1, -0.05) is 6.07 Å². The molecule has 5 nitrogen and oxygen atoms in total. The van der Waals surface area contributed by atoms with Crippen LogP contribution in [0.4, 0.5) is 11.4 Å². The molecule has 0 atom stereocenters. The lowest BCUT2D eigenvalue weighted by molar-refractivity contribution is 0.333. The number of methoxy groups -OCH3 is 1. The van der Waals surface area contributed by atoms with Gasteiger partial charge in [-0.05, 0) is 24.3 Å². The first-order valence-corrected chi connectivity index (χ1v) is 6.53. The van der Waals surface area contributed by atoms with Crippen LogP contribution >= 0.6 is 0 Å². The number of hydrogen-bond acceptors (Lipinski definition) is 5. The van der Waals surface area contributed by atoms with Crippen LogP contribution in [0.3, 0.4) is 0 Å². The molecule has 0 amide bonds. The topological polar surface area (TPSA) is 80.3 Å². The lowest BCUT2D eigenvalue weighted by atomic mass is 10.2. The molecule has 0 saturated heterocycles. The first-order chi connectivity index (χ1) is 10.2. The Morgan fingerprint density at radius 1 is 1.19 bits per heavy atom. The summed E-state index contributed by atoms with van der Waals surface area (Å²) in [7, 11) is 1.59. The summed E-state index contributed by atoms with van der Waals surface area (Å²) in [6.45, 7) is 1.03. The monoisotopic (exact) mass is 283 g/mol. The number of hydrogen-bond donors (Lipinski definition) is 2. The normalized spacial score (nSPS) is 9.71. The Kier molecular flexibility index (Phi) is 4.89. The van der Waals surface area contributed by atoms with Crippen LogP contribution in [0, 0.1) is 11.3 Å². The molecule has 0 aliphatic carbocycles. The molecule has 3 N–H and O–H groups in total. The number of nitrogens with one attached hydrogen (secondary N) is 1. The maximum Gasteiger partial charge on any atom is 0.121 e. The second-order valence-electron chi connectivity index (χ2n) is 4.37. The van der Waals surface area contributed by atoms with Gasteiger partial charge in [-0.3, -0.25) is 0 Å². The summed E-state index contributed by atoms with van der Waals surface area (Å²) < 4.78 is 10.7. The highest BCUT2D eigenvalue weighted by atomic mass is 16.5. The molecule has 0 saturated carbocycles. The van der Waals surface area contributed by atoms with E-state index >= 15 is 0 Å². The number of anilines is 2. The molecule has 0 aliphatic heterocycles. The molecular weight excluding hydrogens is 266 g/mol. The van der Waals surface area contributed by atoms with Crippen LogP contribution in [0.15, 0.2) is 42.5 Å². The second-order valence-corrected chi connectivity index (χ2v) is 4.37. The molecule has 0 aliphatic rings. The molecule has 5 heteroatoms. The van der Waals surface area contributed by atoms with Crippen molar-refractivity contribution < 1.29 is 9.47 Å². The SMILES string of the molecule is COc1ccc(C#N)c(NCCOc2cccc(N)c2)c1. The number of benzene rings is 2. The smallest absolute Gasteiger partial charge is 0.121 e. The van der Waals surface area contributed by atoms with Crippen LogP contribution in [0.2, 0.25) is 0 Å². The van der Waals surface area contributed by atoms with Crippen molar-refractivity contribution in [1.82, 2.24) is 0 Å². The molecule has 2 aromatic carbocycles. The van der Waals surface area contributed by atoms with Crippen LogP contribution in [0.25, 0.3) is 0 Å². The Bertz CT molecular complexity index is 650. The fraction of sp³-hybridized carbons (Fsp3) is 0.188. The summed E-state index contributed by atoms with van der Waals surface area (Å²) in [6.07, 6.45) is 0. The number of nitrogens with two attached hydrogens (primary N) is 1. The van der Waals surface area contributed by atoms with Gasteiger partial charge in [-0.25, -0.2) is 0 Å². The Morgan fingerprint density at radius 3 is 2.76 bits per heavy atom. The zero-order valence-electron chi connectivity index (χ0n) is 11.8. The molecule has 0 aromatic heterocycles. The van der Waals surface area contributed by atoms with Gasteiger partial charge in [0.2, 0.25) is 0 Å². The predicted molar refractivity (Wildman–Crippen MR) is 82.5 cm³/mol. The number of ether oxygens (including phenoxy) is 2. The van der Waals surface area contributed by atoms with Gasteiger partial charge in [0.25, 0.3) is 0 Å². The maximum absolute atomic E-state index is 9.07. The maximum atomic E-state index is 9.07. The van der Waals surface area contributed by atoms with E-state index in [1.807, 2.05) is 12.1 Å². The first kappa shape index (κ1) is 14.5. The highest BCUT2D eigenvalue weighted by molar-refractivity contribution is 5.60. The molecule has 0 radical (unpaired) electrons. The van der Waals surface area contributed by atoms with Crippen molar-refractivity contribution in [3.63, 3.8) is 0 Å². The zero-order chi connectivity index (χ0) is 15.1. The number of rotatable bonds is 6. The number of nitriles is 1. The lowest BCUT2D eigenvalue weighted by Gasteiger charge is -2.11. The molecule has 2 rings (SSSR count). The molecule has 0 bridgehead atoms. The Balaban J connectivity index is 1.90. The minimum atomic E-state index is 0.464. The Hall–Kier alpha value is -2.87. The fourth-order valence-corrected chi connectivity index (χ4v) is 1.85. The van der Waals surface area contributed by atoms with Crippen molar-refractivity contribution >= 4 is 11.4 Å². The van der Waals surface area contributed by atoms with Crippen molar-refractivity contribution in [2.45, 2.75) is 0 Å². The molecule has 2 aromatic rings. The van der Waals surface area contributed by atoms with Gasteiger partial charge < -0.3 is 20.5 Å². The van der Waals surface area contributed by atoms with E-state index in [1.165, 1.54) is 0 Å². The van der Waals surface area contributed by atoms with E-state index in [0.29, 0.717) is 30.2 Å². The molecule has 0 unspecified atom stereocenters. The summed E-state index contributed by atoms with van der Waals surface area (Å²) in [6, 6.07) is 14.7. The van der Waals surface area contributed by atoms with E-state index in [1.54, 1.807) is 37.4 Å². The third-order valence-electron chi connectivity index (χ3n) is 2.89. The predicted octanol–water partition coefficient (Wildman–Crippen LogP) is 2.64. The summed E-state index contributed by atoms with van der Waals surface area (Å²) in [5, 5.41) is 12.2. The van der Waals surface area contributed by atoms with Crippen LogP contribution < -0.4 is 20.5 Å². The summed E-state index contributed by atoms with van der Waals surface area (Å²) >= 11 is 0. The quantitative estimate of drug-likeness (QED) is 0.629. The molecule has 108 valence electrons. The van der Waals surface area contributed by atoms with Gasteiger partial charge in [0.15, 0.2) is 0 Å². The van der Waals surface area contributed by atoms with Crippen molar-refractivity contribution in [1.29, 1.82) is 5.26 Å². The van der Waals surface area contributed by atoms with E-state index in [-0.39, 0.29) is 0 Å². The van der Waals surface area contributed by atoms with E-state index in [0.717, 1.165) is 11.4 Å². The third kappa shape index (κ3) is 4.05. The zero-order valence-corrected chi connectivity index (χ0v) is 11.8. The molecule has 21 heavy (non-hydrogen) atoms. The molecule has 0 spiro atoms. The van der Waals surface area contributed by atoms with Gasteiger partial charge in [-0.2, -0.15) is 5.26 Å². The van der Waals surface area contributed by atoms with Crippen LogP contribution in [-0.4, -0.2) is 20.3 Å². The molecular formula is C16H17N3O2. The minimum absolute atomic E-state index is 0.464. The lowest BCUT2D eigenvalue weighted by Crippen LogP contribution is -2.12. The summed E-state index contributed by atoms with van der Waals surface area (Å²) in [4.78, 5) is 0. The van der Waals surface area contributed by atoms with E-state index < -0.39 is 0 Å². The Labute approximate surface area is 123 Å². The number of nitrogen functional groups attached to an aromatic ring is 1. The van der Waals surface area contributed by atoms with E-state index in [9.17, 15) is 0 Å². The summed E-state index contributed by atoms with van der Waals surface area (Å²) in [5.74, 6) is 1.43. The third-order valence-corrected chi connectivity index (χ3v) is 2.89. The summed E-state index contributed by atoms with van der Waals surface area (Å²) in [5.41, 5.74) is 7.64. The van der Waals surface area contributed by atoms with Crippen LogP contribution in [-0.2, 0) is 0 Å². The van der Waals surface area contributed by atoms with Gasteiger partial charge >= 0.3 is 0 Å². The van der Waals surface area contributed by atoms with Crippen molar-refractivity contribution in [3.8, 4) is 17.6 Å². The average molecular weight is 283 g/mol. The van der Waals surface area contributed by atoms with Gasteiger partial charge in [-0.15, -0.1) is 0 Å². The highest BCUT2D eigenvalue weighted by Gasteiger charge is 2.03. The van der Waals surface area contributed by atoms with Crippen molar-refractivity contribution in [2.24, 2.45) is 0 Å². The standard InChI is InChI=1S/C16H17N3O2/c1-20-14-6-5-12(11-17)16(10-14)19-7-8-21-15-4-2-3-13(18)9-15/h2-6,9-10,19H,7-8,18H2,1H3. The van der Waals surface area contributed by atoms with Crippen LogP contribution in [0.1, 0.15) is 5.56 Å².